The van der Waals surface area contributed by atoms with Crippen LogP contribution in [0.3, 0.4) is 0 Å². The van der Waals surface area contributed by atoms with Crippen molar-refractivity contribution in [3.05, 3.63) is 53.3 Å². The minimum absolute atomic E-state index is 0.0104. The van der Waals surface area contributed by atoms with E-state index in [2.05, 4.69) is 6.92 Å². The van der Waals surface area contributed by atoms with Crippen LogP contribution >= 0.6 is 11.8 Å². The molecule has 3 rings (SSSR count). The minimum atomic E-state index is -0.264. The Kier molecular flexibility index (Phi) is 5.63. The number of rotatable bonds is 7. The zero-order chi connectivity index (χ0) is 17.8. The lowest BCUT2D eigenvalue weighted by Gasteiger charge is -2.09. The van der Waals surface area contributed by atoms with Gasteiger partial charge in [-0.25, -0.2) is 0 Å². The minimum Gasteiger partial charge on any atom is -0.465 e. The summed E-state index contributed by atoms with van der Waals surface area (Å²) in [5.74, 6) is -0.424. The molecule has 0 spiro atoms. The fraction of sp³-hybridized carbons (Fsp3) is 0.400. The third-order valence-corrected chi connectivity index (χ3v) is 5.34. The van der Waals surface area contributed by atoms with Gasteiger partial charge >= 0.3 is 5.97 Å². The molecule has 1 aromatic heterocycles. The van der Waals surface area contributed by atoms with E-state index in [1.165, 1.54) is 0 Å². The number of ketones is 1. The molecule has 0 aliphatic carbocycles. The van der Waals surface area contributed by atoms with Crippen LogP contribution in [0.25, 0.3) is 0 Å². The van der Waals surface area contributed by atoms with Gasteiger partial charge < -0.3 is 9.30 Å². The molecule has 0 radical (unpaired) electrons. The van der Waals surface area contributed by atoms with Crippen LogP contribution in [-0.2, 0) is 16.1 Å². The van der Waals surface area contributed by atoms with E-state index >= 15 is 0 Å². The third-order valence-electron chi connectivity index (χ3n) is 4.59. The van der Waals surface area contributed by atoms with E-state index in [9.17, 15) is 9.59 Å². The first-order chi connectivity index (χ1) is 12.2. The molecule has 2 heterocycles. The molecule has 1 aromatic carbocycles. The molecule has 1 unspecified atom stereocenters. The van der Waals surface area contributed by atoms with Crippen molar-refractivity contribution in [2.24, 2.45) is 0 Å². The summed E-state index contributed by atoms with van der Waals surface area (Å²) < 4.78 is 7.41. The van der Waals surface area contributed by atoms with Gasteiger partial charge in [0.25, 0.3) is 0 Å². The van der Waals surface area contributed by atoms with Gasteiger partial charge in [0.2, 0.25) is 5.78 Å². The second-order valence-electron chi connectivity index (χ2n) is 6.20. The van der Waals surface area contributed by atoms with Crippen LogP contribution < -0.4 is 0 Å². The molecule has 0 amide bonds. The number of carbonyl (C=O) groups is 2. The van der Waals surface area contributed by atoms with E-state index in [1.54, 1.807) is 11.8 Å². The molecule has 132 valence electrons. The maximum atomic E-state index is 13.0. The molecule has 1 atom stereocenters. The van der Waals surface area contributed by atoms with Gasteiger partial charge in [-0.2, -0.15) is 0 Å². The fourth-order valence-corrected chi connectivity index (χ4v) is 3.89. The number of ether oxygens (including phenoxy) is 1. The van der Waals surface area contributed by atoms with E-state index < -0.39 is 0 Å². The highest BCUT2D eigenvalue weighted by molar-refractivity contribution is 7.98. The van der Waals surface area contributed by atoms with Gasteiger partial charge in [-0.15, -0.1) is 11.8 Å². The van der Waals surface area contributed by atoms with Gasteiger partial charge in [0.15, 0.2) is 0 Å². The van der Waals surface area contributed by atoms with Crippen LogP contribution in [0.2, 0.25) is 0 Å². The van der Waals surface area contributed by atoms with Gasteiger partial charge in [-0.05, 0) is 25.2 Å². The van der Waals surface area contributed by atoms with Crippen LogP contribution in [0.1, 0.15) is 53.8 Å². The van der Waals surface area contributed by atoms with E-state index in [-0.39, 0.29) is 17.7 Å². The average molecular weight is 357 g/mol. The molecule has 2 aromatic rings. The zero-order valence-electron chi connectivity index (χ0n) is 14.7. The van der Waals surface area contributed by atoms with Crippen LogP contribution in [0.15, 0.2) is 41.3 Å². The second kappa shape index (κ2) is 7.91. The number of carbonyl (C=O) groups excluding carboxylic acids is 2. The normalized spacial score (nSPS) is 15.8. The maximum absolute atomic E-state index is 13.0. The number of benzene rings is 1. The van der Waals surface area contributed by atoms with Crippen molar-refractivity contribution in [1.29, 1.82) is 0 Å². The highest BCUT2D eigenvalue weighted by Gasteiger charge is 2.35. The Hall–Kier alpha value is -2.01. The van der Waals surface area contributed by atoms with Crippen molar-refractivity contribution in [3.8, 4) is 0 Å². The predicted molar refractivity (Wildman–Crippen MR) is 99.3 cm³/mol. The summed E-state index contributed by atoms with van der Waals surface area (Å²) in [7, 11) is 0. The standard InChI is InChI=1S/C20H23NO3S/c1-3-4-12-24-20(23)15-10-11-21-16(15)13-17(25-2)18(21)19(22)14-8-6-5-7-9-14/h5-9,13,15H,3-4,10-12H2,1-2H3. The molecule has 0 fully saturated rings. The Morgan fingerprint density at radius 1 is 1.28 bits per heavy atom. The number of thioether (sulfide) groups is 1. The van der Waals surface area contributed by atoms with E-state index in [1.807, 2.05) is 47.2 Å². The van der Waals surface area contributed by atoms with Crippen LogP contribution in [0.5, 0.6) is 0 Å². The van der Waals surface area contributed by atoms with E-state index in [4.69, 9.17) is 4.74 Å². The number of hydrogen-bond acceptors (Lipinski definition) is 4. The molecule has 1 aliphatic rings. The van der Waals surface area contributed by atoms with Gasteiger partial charge in [0.1, 0.15) is 5.69 Å². The topological polar surface area (TPSA) is 48.3 Å². The van der Waals surface area contributed by atoms with Gasteiger partial charge in [-0.1, -0.05) is 43.7 Å². The largest absolute Gasteiger partial charge is 0.465 e. The first-order valence-corrected chi connectivity index (χ1v) is 9.93. The highest BCUT2D eigenvalue weighted by atomic mass is 32.2. The van der Waals surface area contributed by atoms with Crippen LogP contribution in [0.4, 0.5) is 0 Å². The molecule has 5 heteroatoms. The first-order valence-electron chi connectivity index (χ1n) is 8.71. The number of fused-ring (bicyclic) bond motifs is 1. The molecule has 25 heavy (non-hydrogen) atoms. The van der Waals surface area contributed by atoms with Gasteiger partial charge in [0, 0.05) is 22.7 Å². The highest BCUT2D eigenvalue weighted by Crippen LogP contribution is 2.37. The number of hydrogen-bond donors (Lipinski definition) is 0. The summed E-state index contributed by atoms with van der Waals surface area (Å²) in [4.78, 5) is 26.3. The summed E-state index contributed by atoms with van der Waals surface area (Å²) in [6.45, 7) is 3.22. The van der Waals surface area contributed by atoms with Crippen molar-refractivity contribution in [1.82, 2.24) is 4.57 Å². The summed E-state index contributed by atoms with van der Waals surface area (Å²) in [6.07, 6.45) is 4.54. The van der Waals surface area contributed by atoms with Crippen molar-refractivity contribution in [3.63, 3.8) is 0 Å². The first kappa shape index (κ1) is 17.8. The summed E-state index contributed by atoms with van der Waals surface area (Å²) in [5.41, 5.74) is 2.27. The quantitative estimate of drug-likeness (QED) is 0.321. The molecular formula is C20H23NO3S. The van der Waals surface area contributed by atoms with Crippen molar-refractivity contribution in [2.75, 3.05) is 12.9 Å². The molecule has 1 aliphatic heterocycles. The Balaban J connectivity index is 1.89. The maximum Gasteiger partial charge on any atom is 0.315 e. The number of aromatic nitrogens is 1. The Bertz CT molecular complexity index is 767. The second-order valence-corrected chi connectivity index (χ2v) is 7.04. The monoisotopic (exact) mass is 357 g/mol. The van der Waals surface area contributed by atoms with Crippen LogP contribution in [-0.4, -0.2) is 29.2 Å². The number of unbranched alkanes of at least 4 members (excludes halogenated alkanes) is 1. The predicted octanol–water partition coefficient (Wildman–Crippen LogP) is 4.27. The van der Waals surface area contributed by atoms with Crippen molar-refractivity contribution in [2.45, 2.75) is 43.5 Å². The van der Waals surface area contributed by atoms with E-state index in [0.717, 1.165) is 23.4 Å². The molecular weight excluding hydrogens is 334 g/mol. The number of nitrogens with zero attached hydrogens (tertiary/aromatic N) is 1. The van der Waals surface area contributed by atoms with Crippen molar-refractivity contribution < 1.29 is 14.3 Å². The average Bonchev–Trinajstić information content (AvgIpc) is 3.20. The SMILES string of the molecule is CCCCOC(=O)C1CCn2c1cc(SC)c2C(=O)c1ccccc1. The summed E-state index contributed by atoms with van der Waals surface area (Å²) >= 11 is 1.54. The molecule has 0 N–H and O–H groups in total. The summed E-state index contributed by atoms with van der Waals surface area (Å²) in [6, 6.07) is 11.3. The van der Waals surface area contributed by atoms with Crippen LogP contribution in [0, 0.1) is 0 Å². The smallest absolute Gasteiger partial charge is 0.315 e. The van der Waals surface area contributed by atoms with Gasteiger partial charge in [0.05, 0.1) is 12.5 Å². The van der Waals surface area contributed by atoms with Gasteiger partial charge in [-0.3, -0.25) is 9.59 Å². The summed E-state index contributed by atoms with van der Waals surface area (Å²) in [5, 5.41) is 0. The lowest BCUT2D eigenvalue weighted by atomic mass is 10.1. The Morgan fingerprint density at radius 2 is 2.04 bits per heavy atom. The lowest BCUT2D eigenvalue weighted by Crippen LogP contribution is -2.14. The lowest BCUT2D eigenvalue weighted by molar-refractivity contribution is -0.145. The molecule has 0 saturated carbocycles. The third kappa shape index (κ3) is 3.52. The Labute approximate surface area is 152 Å². The number of esters is 1. The molecule has 4 nitrogen and oxygen atoms in total. The van der Waals surface area contributed by atoms with Crippen molar-refractivity contribution >= 4 is 23.5 Å². The molecule has 0 saturated heterocycles. The zero-order valence-corrected chi connectivity index (χ0v) is 15.5. The molecule has 0 bridgehead atoms. The Morgan fingerprint density at radius 3 is 2.72 bits per heavy atom. The van der Waals surface area contributed by atoms with E-state index in [0.29, 0.717) is 30.8 Å². The fourth-order valence-electron chi connectivity index (χ4n) is 3.25.